The molecule has 0 aromatic heterocycles. The lowest BCUT2D eigenvalue weighted by Gasteiger charge is -2.27. The summed E-state index contributed by atoms with van der Waals surface area (Å²) in [5.41, 5.74) is 3.42. The summed E-state index contributed by atoms with van der Waals surface area (Å²) in [6, 6.07) is 24.5. The molecular formula is C37H34F3N3O4. The largest absolute Gasteiger partial charge is 0.457 e. The summed E-state index contributed by atoms with van der Waals surface area (Å²) >= 11 is 0. The van der Waals surface area contributed by atoms with Crippen LogP contribution in [-0.4, -0.2) is 43.4 Å². The second-order valence-corrected chi connectivity index (χ2v) is 11.7. The number of hydrogen-bond acceptors (Lipinski definition) is 5. The smallest absolute Gasteiger partial charge is 0.405 e. The molecule has 1 fully saturated rings. The molecule has 1 atom stereocenters. The first-order chi connectivity index (χ1) is 22.7. The molecule has 1 heterocycles. The minimum Gasteiger partial charge on any atom is -0.457 e. The van der Waals surface area contributed by atoms with Crippen LogP contribution in [0.4, 0.5) is 24.5 Å². The molecule has 2 aliphatic rings. The number of nitrogens with zero attached hydrogens (tertiary/aromatic N) is 1. The minimum absolute atomic E-state index is 0.166. The standard InChI is InChI=1S/C37H34F3N3O4/c1-2-12-29(44)33-27(42-35(45)26-17-8-9-18-30(26)47-23-13-4-3-5-14-23)21-28(43-19-10-11-20-43)34-31(33)24-15-6-7-16-25(24)32(34)36(46)41-22-37(38,39)40/h3-9,13-18,21,32H,2,10-12,19-20,22H2,1H3,(H,41,46)(H,42,45). The van der Waals surface area contributed by atoms with Gasteiger partial charge in [-0.15, -0.1) is 0 Å². The second-order valence-electron chi connectivity index (χ2n) is 11.7. The molecule has 4 aromatic carbocycles. The van der Waals surface area contributed by atoms with Gasteiger partial charge in [0.05, 0.1) is 17.2 Å². The third kappa shape index (κ3) is 6.58. The summed E-state index contributed by atoms with van der Waals surface area (Å²) in [5.74, 6) is -1.74. The zero-order chi connectivity index (χ0) is 33.1. The van der Waals surface area contributed by atoms with Gasteiger partial charge in [-0.05, 0) is 60.7 Å². The number of Topliss-reactive ketones (excluding diaryl/α,β-unsaturated/α-hetero) is 1. The van der Waals surface area contributed by atoms with Gasteiger partial charge < -0.3 is 20.3 Å². The van der Waals surface area contributed by atoms with Crippen molar-refractivity contribution in [1.82, 2.24) is 5.32 Å². The lowest BCUT2D eigenvalue weighted by atomic mass is 9.89. The van der Waals surface area contributed by atoms with Crippen LogP contribution in [0.3, 0.4) is 0 Å². The summed E-state index contributed by atoms with van der Waals surface area (Å²) in [5, 5.41) is 5.07. The summed E-state index contributed by atoms with van der Waals surface area (Å²) < 4.78 is 45.7. The van der Waals surface area contributed by atoms with Crippen molar-refractivity contribution < 1.29 is 32.3 Å². The van der Waals surface area contributed by atoms with Gasteiger partial charge in [-0.3, -0.25) is 14.4 Å². The van der Waals surface area contributed by atoms with E-state index in [2.05, 4.69) is 15.5 Å². The minimum atomic E-state index is -4.59. The number of fused-ring (bicyclic) bond motifs is 3. The zero-order valence-corrected chi connectivity index (χ0v) is 25.8. The Bertz CT molecular complexity index is 1820. The number of rotatable bonds is 10. The molecule has 2 N–H and O–H groups in total. The van der Waals surface area contributed by atoms with Gasteiger partial charge in [0, 0.05) is 41.9 Å². The van der Waals surface area contributed by atoms with Gasteiger partial charge in [0.15, 0.2) is 5.78 Å². The molecule has 0 bridgehead atoms. The van der Waals surface area contributed by atoms with E-state index in [1.807, 2.05) is 25.1 Å². The van der Waals surface area contributed by atoms with Crippen LogP contribution in [0.5, 0.6) is 11.5 Å². The number of hydrogen-bond donors (Lipinski definition) is 2. The molecular weight excluding hydrogens is 607 g/mol. The van der Waals surface area contributed by atoms with Crippen molar-refractivity contribution in [2.75, 3.05) is 29.9 Å². The first-order valence-electron chi connectivity index (χ1n) is 15.7. The van der Waals surface area contributed by atoms with E-state index in [1.165, 1.54) is 0 Å². The van der Waals surface area contributed by atoms with E-state index in [4.69, 9.17) is 4.74 Å². The van der Waals surface area contributed by atoms with Gasteiger partial charge in [-0.1, -0.05) is 61.5 Å². The van der Waals surface area contributed by atoms with Crippen molar-refractivity contribution in [3.8, 4) is 22.6 Å². The van der Waals surface area contributed by atoms with E-state index in [0.29, 0.717) is 59.0 Å². The molecule has 47 heavy (non-hydrogen) atoms. The highest BCUT2D eigenvalue weighted by molar-refractivity contribution is 6.17. The van der Waals surface area contributed by atoms with E-state index in [1.54, 1.807) is 66.7 Å². The fraction of sp³-hybridized carbons (Fsp3) is 0.270. The molecule has 0 radical (unpaired) electrons. The van der Waals surface area contributed by atoms with E-state index in [9.17, 15) is 27.6 Å². The highest BCUT2D eigenvalue weighted by Gasteiger charge is 2.42. The van der Waals surface area contributed by atoms with Gasteiger partial charge in [-0.2, -0.15) is 13.2 Å². The van der Waals surface area contributed by atoms with Crippen LogP contribution < -0.4 is 20.3 Å². The predicted octanol–water partition coefficient (Wildman–Crippen LogP) is 8.11. The second kappa shape index (κ2) is 13.3. The number of nitrogens with one attached hydrogen (secondary N) is 2. The first kappa shape index (κ1) is 31.8. The third-order valence-corrected chi connectivity index (χ3v) is 8.45. The van der Waals surface area contributed by atoms with Crippen LogP contribution in [0.1, 0.15) is 70.4 Å². The number of anilines is 2. The van der Waals surface area contributed by atoms with E-state index in [0.717, 1.165) is 12.8 Å². The maximum Gasteiger partial charge on any atom is 0.405 e. The fourth-order valence-corrected chi connectivity index (χ4v) is 6.46. The summed E-state index contributed by atoms with van der Waals surface area (Å²) in [6.07, 6.45) is -2.13. The Labute approximate surface area is 270 Å². The Kier molecular flexibility index (Phi) is 9.02. The van der Waals surface area contributed by atoms with Crippen molar-refractivity contribution in [3.63, 3.8) is 0 Å². The van der Waals surface area contributed by atoms with Crippen LogP contribution >= 0.6 is 0 Å². The summed E-state index contributed by atoms with van der Waals surface area (Å²) in [7, 11) is 0. The maximum atomic E-state index is 14.0. The van der Waals surface area contributed by atoms with Crippen LogP contribution in [-0.2, 0) is 4.79 Å². The molecule has 1 unspecified atom stereocenters. The molecule has 7 nitrogen and oxygen atoms in total. The van der Waals surface area contributed by atoms with Crippen molar-refractivity contribution in [3.05, 3.63) is 107 Å². The predicted molar refractivity (Wildman–Crippen MR) is 174 cm³/mol. The average Bonchev–Trinajstić information content (AvgIpc) is 3.71. The fourth-order valence-electron chi connectivity index (χ4n) is 6.46. The molecule has 2 amide bonds. The molecule has 1 aliphatic carbocycles. The van der Waals surface area contributed by atoms with Crippen LogP contribution in [0.25, 0.3) is 11.1 Å². The monoisotopic (exact) mass is 641 g/mol. The normalized spacial score (nSPS) is 15.1. The Morgan fingerprint density at radius 2 is 1.60 bits per heavy atom. The number of alkyl halides is 3. The number of amides is 2. The SMILES string of the molecule is CCCC(=O)c1c(NC(=O)c2ccccc2Oc2ccccc2)cc(N2CCCC2)c2c1-c1ccccc1C2C(=O)NCC(F)(F)F. The molecule has 242 valence electrons. The van der Waals surface area contributed by atoms with Crippen molar-refractivity contribution in [2.24, 2.45) is 0 Å². The maximum absolute atomic E-state index is 14.0. The lowest BCUT2D eigenvalue weighted by Crippen LogP contribution is -2.37. The molecule has 6 rings (SSSR count). The lowest BCUT2D eigenvalue weighted by molar-refractivity contribution is -0.138. The molecule has 4 aromatic rings. The molecule has 0 saturated carbocycles. The number of carbonyl (C=O) groups excluding carboxylic acids is 3. The number of ether oxygens (including phenoxy) is 1. The Morgan fingerprint density at radius 1 is 0.915 bits per heavy atom. The molecule has 1 aliphatic heterocycles. The van der Waals surface area contributed by atoms with Crippen molar-refractivity contribution >= 4 is 29.0 Å². The Morgan fingerprint density at radius 3 is 2.32 bits per heavy atom. The number of para-hydroxylation sites is 2. The van der Waals surface area contributed by atoms with Crippen LogP contribution in [0, 0.1) is 0 Å². The molecule has 1 saturated heterocycles. The van der Waals surface area contributed by atoms with Crippen molar-refractivity contribution in [1.29, 1.82) is 0 Å². The van der Waals surface area contributed by atoms with Crippen molar-refractivity contribution in [2.45, 2.75) is 44.7 Å². The van der Waals surface area contributed by atoms with Gasteiger partial charge in [0.1, 0.15) is 18.0 Å². The average molecular weight is 642 g/mol. The van der Waals surface area contributed by atoms with E-state index < -0.39 is 30.5 Å². The highest BCUT2D eigenvalue weighted by Crippen LogP contribution is 2.53. The Balaban J connectivity index is 1.51. The first-order valence-corrected chi connectivity index (χ1v) is 15.7. The van der Waals surface area contributed by atoms with Gasteiger partial charge in [-0.25, -0.2) is 0 Å². The zero-order valence-electron chi connectivity index (χ0n) is 25.8. The van der Waals surface area contributed by atoms with Gasteiger partial charge >= 0.3 is 6.18 Å². The van der Waals surface area contributed by atoms with Crippen LogP contribution in [0.15, 0.2) is 84.9 Å². The summed E-state index contributed by atoms with van der Waals surface area (Å²) in [6.45, 7) is 1.71. The number of halogens is 3. The van der Waals surface area contributed by atoms with Crippen LogP contribution in [0.2, 0.25) is 0 Å². The van der Waals surface area contributed by atoms with Gasteiger partial charge in [0.25, 0.3) is 5.91 Å². The topological polar surface area (TPSA) is 87.7 Å². The highest BCUT2D eigenvalue weighted by atomic mass is 19.4. The molecule has 10 heteroatoms. The Hall–Kier alpha value is -5.12. The van der Waals surface area contributed by atoms with E-state index in [-0.39, 0.29) is 29.0 Å². The third-order valence-electron chi connectivity index (χ3n) is 8.45. The summed E-state index contributed by atoms with van der Waals surface area (Å²) in [4.78, 5) is 43.7. The van der Waals surface area contributed by atoms with E-state index >= 15 is 0 Å². The quantitative estimate of drug-likeness (QED) is 0.171. The number of ketones is 1. The number of benzene rings is 4. The number of carbonyl (C=O) groups is 3. The molecule has 0 spiro atoms. The van der Waals surface area contributed by atoms with Gasteiger partial charge in [0.2, 0.25) is 5.91 Å².